The van der Waals surface area contributed by atoms with Crippen molar-refractivity contribution in [1.29, 1.82) is 0 Å². The Kier molecular flexibility index (Phi) is 65.4. The summed E-state index contributed by atoms with van der Waals surface area (Å²) in [7, 11) is 0. The summed E-state index contributed by atoms with van der Waals surface area (Å²) < 4.78 is 16.9. The average molecular weight is 1150 g/mol. The highest BCUT2D eigenvalue weighted by Crippen LogP contribution is 2.16. The zero-order valence-corrected chi connectivity index (χ0v) is 53.7. The second kappa shape index (κ2) is 69.5. The van der Waals surface area contributed by atoms with E-state index in [0.29, 0.717) is 19.3 Å². The zero-order chi connectivity index (χ0) is 59.9. The molecule has 0 saturated heterocycles. The summed E-state index contributed by atoms with van der Waals surface area (Å²) in [6, 6.07) is 0. The van der Waals surface area contributed by atoms with Crippen molar-refractivity contribution in [3.63, 3.8) is 0 Å². The molecule has 0 heterocycles. The van der Waals surface area contributed by atoms with Gasteiger partial charge in [-0.2, -0.15) is 0 Å². The topological polar surface area (TPSA) is 78.9 Å². The van der Waals surface area contributed by atoms with Crippen LogP contribution in [-0.2, 0) is 28.6 Å². The van der Waals surface area contributed by atoms with Gasteiger partial charge < -0.3 is 14.2 Å². The summed E-state index contributed by atoms with van der Waals surface area (Å²) >= 11 is 0. The lowest BCUT2D eigenvalue weighted by Crippen LogP contribution is -2.30. The number of unbranched alkanes of at least 4 members (excludes halogenated alkanes) is 23. The molecule has 0 aliphatic carbocycles. The fourth-order valence-electron chi connectivity index (χ4n) is 9.04. The van der Waals surface area contributed by atoms with E-state index in [1.165, 1.54) is 70.6 Å². The van der Waals surface area contributed by atoms with Crippen molar-refractivity contribution in [3.05, 3.63) is 158 Å². The molecule has 0 aromatic heterocycles. The van der Waals surface area contributed by atoms with Gasteiger partial charge in [-0.3, -0.25) is 14.4 Å². The molecule has 0 aromatic rings. The van der Waals surface area contributed by atoms with Crippen molar-refractivity contribution in [2.24, 2.45) is 0 Å². The van der Waals surface area contributed by atoms with Crippen LogP contribution in [0.25, 0.3) is 0 Å². The summed E-state index contributed by atoms with van der Waals surface area (Å²) in [5.74, 6) is -0.930. The lowest BCUT2D eigenvalue weighted by molar-refractivity contribution is -0.167. The maximum absolute atomic E-state index is 12.9. The van der Waals surface area contributed by atoms with Crippen molar-refractivity contribution in [3.8, 4) is 0 Å². The number of ether oxygens (including phenoxy) is 3. The minimum absolute atomic E-state index is 0.0955. The molecule has 0 radical (unpaired) electrons. The molecule has 0 spiro atoms. The van der Waals surface area contributed by atoms with E-state index in [4.69, 9.17) is 14.2 Å². The molecule has 468 valence electrons. The first kappa shape index (κ1) is 78.0. The largest absolute Gasteiger partial charge is 0.462 e. The van der Waals surface area contributed by atoms with Crippen LogP contribution >= 0.6 is 0 Å². The SMILES string of the molecule is CC/C=C\C/C=C\C/C=C\C/C=C\C/C=C\C/C=C\C/C=C\CCCCCCCCCCCCCCCC(=O)OCC(COC(=O)CCCCCCC/C=C\C/C=C\C/C=C\CC)OC(=O)CCCCCCC/C=C\C/C=C\C/C=C\CC. The molecular weight excluding hydrogens is 1020 g/mol. The zero-order valence-electron chi connectivity index (χ0n) is 53.7. The first-order valence-electron chi connectivity index (χ1n) is 34.0. The Morgan fingerprint density at radius 2 is 0.434 bits per heavy atom. The van der Waals surface area contributed by atoms with Crippen LogP contribution in [0, 0.1) is 0 Å². The second-order valence-electron chi connectivity index (χ2n) is 21.9. The number of carbonyl (C=O) groups excluding carboxylic acids is 3. The molecule has 0 aliphatic rings. The number of hydrogen-bond acceptors (Lipinski definition) is 6. The van der Waals surface area contributed by atoms with Crippen molar-refractivity contribution < 1.29 is 28.6 Å². The Bertz CT molecular complexity index is 1840. The van der Waals surface area contributed by atoms with Crippen LogP contribution in [0.15, 0.2) is 158 Å². The predicted molar refractivity (Wildman–Crippen MR) is 362 cm³/mol. The Balaban J connectivity index is 4.24. The van der Waals surface area contributed by atoms with Crippen molar-refractivity contribution in [2.45, 2.75) is 297 Å². The number of esters is 3. The summed E-state index contributed by atoms with van der Waals surface area (Å²) in [5, 5.41) is 0. The van der Waals surface area contributed by atoms with Gasteiger partial charge in [0.1, 0.15) is 13.2 Å². The van der Waals surface area contributed by atoms with Gasteiger partial charge in [0.15, 0.2) is 6.10 Å². The van der Waals surface area contributed by atoms with Gasteiger partial charge in [0.25, 0.3) is 0 Å². The molecule has 6 heteroatoms. The maximum Gasteiger partial charge on any atom is 0.306 e. The Labute approximate surface area is 511 Å². The summed E-state index contributed by atoms with van der Waals surface area (Å²) in [4.78, 5) is 38.3. The standard InChI is InChI=1S/C77H124O6/c1-4-7-10-13-16-19-22-25-28-29-30-31-32-33-34-35-36-37-38-39-40-41-42-43-44-45-46-47-50-52-55-58-61-64-67-70-76(79)82-73-74(83-77(80)71-68-65-62-59-56-53-49-27-24-21-18-15-12-9-6-3)72-81-75(78)69-66-63-60-57-54-51-48-26-23-20-17-14-11-8-5-2/h7-12,16-21,25-28,30-31,33-34,36-37,39-40,48-49,74H,4-6,13-15,22-24,29,32,35,38,41-47,50-73H2,1-3H3/b10-7-,11-8-,12-9-,19-16-,20-17-,21-18-,28-25-,31-30-,34-33-,37-36-,40-39-,48-26-,49-27-. The first-order valence-corrected chi connectivity index (χ1v) is 34.0. The van der Waals surface area contributed by atoms with E-state index in [2.05, 4.69) is 179 Å². The smallest absolute Gasteiger partial charge is 0.306 e. The Hall–Kier alpha value is -4.97. The normalized spacial score (nSPS) is 13.1. The second-order valence-corrected chi connectivity index (χ2v) is 21.9. The van der Waals surface area contributed by atoms with Crippen LogP contribution in [0.4, 0.5) is 0 Å². The minimum Gasteiger partial charge on any atom is -0.462 e. The van der Waals surface area contributed by atoms with E-state index in [0.717, 1.165) is 180 Å². The predicted octanol–water partition coefficient (Wildman–Crippen LogP) is 23.7. The van der Waals surface area contributed by atoms with Crippen LogP contribution in [0.5, 0.6) is 0 Å². The molecule has 0 aromatic carbocycles. The Morgan fingerprint density at radius 3 is 0.675 bits per heavy atom. The van der Waals surface area contributed by atoms with Gasteiger partial charge in [0.05, 0.1) is 0 Å². The molecule has 1 unspecified atom stereocenters. The monoisotopic (exact) mass is 1140 g/mol. The average Bonchev–Trinajstić information content (AvgIpc) is 3.49. The molecule has 0 bridgehead atoms. The molecule has 0 aliphatic heterocycles. The van der Waals surface area contributed by atoms with E-state index < -0.39 is 6.10 Å². The molecule has 0 fully saturated rings. The summed E-state index contributed by atoms with van der Waals surface area (Å²) in [6.45, 7) is 6.28. The van der Waals surface area contributed by atoms with Gasteiger partial charge in [-0.15, -0.1) is 0 Å². The highest BCUT2D eigenvalue weighted by Gasteiger charge is 2.19. The third kappa shape index (κ3) is 67.7. The third-order valence-electron chi connectivity index (χ3n) is 14.0. The molecule has 0 amide bonds. The highest BCUT2D eigenvalue weighted by atomic mass is 16.6. The van der Waals surface area contributed by atoms with Gasteiger partial charge in [0, 0.05) is 19.3 Å². The third-order valence-corrected chi connectivity index (χ3v) is 14.0. The summed E-state index contributed by atoms with van der Waals surface area (Å²) in [6.07, 6.45) is 101. The molecule has 0 saturated carbocycles. The fraction of sp³-hybridized carbons (Fsp3) is 0.623. The van der Waals surface area contributed by atoms with E-state index in [1.54, 1.807) is 0 Å². The van der Waals surface area contributed by atoms with Gasteiger partial charge in [-0.1, -0.05) is 288 Å². The number of hydrogen-bond donors (Lipinski definition) is 0. The van der Waals surface area contributed by atoms with Crippen LogP contribution in [0.2, 0.25) is 0 Å². The van der Waals surface area contributed by atoms with E-state index in [1.807, 2.05) is 0 Å². The molecular formula is C77H124O6. The molecule has 6 nitrogen and oxygen atoms in total. The quantitative estimate of drug-likeness (QED) is 0.0261. The van der Waals surface area contributed by atoms with Gasteiger partial charge >= 0.3 is 17.9 Å². The van der Waals surface area contributed by atoms with E-state index in [9.17, 15) is 14.4 Å². The van der Waals surface area contributed by atoms with Crippen LogP contribution in [0.3, 0.4) is 0 Å². The first-order chi connectivity index (χ1) is 41.0. The van der Waals surface area contributed by atoms with Gasteiger partial charge in [-0.05, 0) is 141 Å². The van der Waals surface area contributed by atoms with Crippen molar-refractivity contribution in [1.82, 2.24) is 0 Å². The van der Waals surface area contributed by atoms with Crippen molar-refractivity contribution in [2.75, 3.05) is 13.2 Å². The van der Waals surface area contributed by atoms with Gasteiger partial charge in [0.2, 0.25) is 0 Å². The Morgan fingerprint density at radius 1 is 0.241 bits per heavy atom. The summed E-state index contributed by atoms with van der Waals surface area (Å²) in [5.41, 5.74) is 0. The number of carbonyl (C=O) groups is 3. The number of rotatable bonds is 60. The van der Waals surface area contributed by atoms with Gasteiger partial charge in [-0.25, -0.2) is 0 Å². The molecule has 0 N–H and O–H groups in total. The molecule has 1 atom stereocenters. The van der Waals surface area contributed by atoms with Crippen LogP contribution < -0.4 is 0 Å². The van der Waals surface area contributed by atoms with Crippen LogP contribution in [0.1, 0.15) is 290 Å². The van der Waals surface area contributed by atoms with E-state index in [-0.39, 0.29) is 31.1 Å². The fourth-order valence-corrected chi connectivity index (χ4v) is 9.04. The van der Waals surface area contributed by atoms with Crippen molar-refractivity contribution >= 4 is 17.9 Å². The lowest BCUT2D eigenvalue weighted by Gasteiger charge is -2.18. The number of allylic oxidation sites excluding steroid dienone is 26. The maximum atomic E-state index is 12.9. The highest BCUT2D eigenvalue weighted by molar-refractivity contribution is 5.71. The lowest BCUT2D eigenvalue weighted by atomic mass is 10.0. The minimum atomic E-state index is -0.802. The molecule has 83 heavy (non-hydrogen) atoms. The van der Waals surface area contributed by atoms with E-state index >= 15 is 0 Å². The molecule has 0 rings (SSSR count). The van der Waals surface area contributed by atoms with Crippen LogP contribution in [-0.4, -0.2) is 37.2 Å².